The molecule has 28 heavy (non-hydrogen) atoms. The molecular weight excluding hydrogens is 356 g/mol. The third-order valence-corrected chi connectivity index (χ3v) is 4.17. The van der Waals surface area contributed by atoms with Crippen LogP contribution < -0.4 is 5.32 Å². The standard InChI is InChI=1S/C20H30N2O4.C2H6/c1-20(2,3)26-19(24)22-12-8-7-11-17(14-22)13-21-18(23)25-15-16-9-5-4-6-10-16;1-2/h4-6,9-10,17H,7-8,11-15H2,1-3H3,(H,21,23);1-2H3. The number of carbonyl (C=O) groups excluding carboxylic acids is 2. The minimum absolute atomic E-state index is 0.203. The Kier molecular flexibility index (Phi) is 10.4. The zero-order chi connectivity index (χ0) is 21.0. The Balaban J connectivity index is 0.00000190. The van der Waals surface area contributed by atoms with E-state index in [1.165, 1.54) is 0 Å². The molecule has 2 amide bonds. The lowest BCUT2D eigenvalue weighted by atomic mass is 10.0. The minimum Gasteiger partial charge on any atom is -0.445 e. The molecule has 1 fully saturated rings. The van der Waals surface area contributed by atoms with Crippen LogP contribution >= 0.6 is 0 Å². The lowest BCUT2D eigenvalue weighted by Crippen LogP contribution is -2.41. The lowest BCUT2D eigenvalue weighted by Gasteiger charge is -2.28. The van der Waals surface area contributed by atoms with Gasteiger partial charge in [-0.25, -0.2) is 9.59 Å². The van der Waals surface area contributed by atoms with Crippen LogP contribution in [0.4, 0.5) is 9.59 Å². The van der Waals surface area contributed by atoms with Crippen molar-refractivity contribution in [3.63, 3.8) is 0 Å². The van der Waals surface area contributed by atoms with Crippen LogP contribution in [0.15, 0.2) is 30.3 Å². The fourth-order valence-corrected chi connectivity index (χ4v) is 2.89. The number of hydrogen-bond acceptors (Lipinski definition) is 4. The van der Waals surface area contributed by atoms with Crippen LogP contribution in [0.3, 0.4) is 0 Å². The summed E-state index contributed by atoms with van der Waals surface area (Å²) in [6.07, 6.45) is 2.25. The summed E-state index contributed by atoms with van der Waals surface area (Å²) >= 11 is 0. The Bertz CT molecular complexity index is 584. The predicted molar refractivity (Wildman–Crippen MR) is 111 cm³/mol. The third-order valence-electron chi connectivity index (χ3n) is 4.17. The largest absolute Gasteiger partial charge is 0.445 e. The minimum atomic E-state index is -0.502. The van der Waals surface area contributed by atoms with Gasteiger partial charge in [-0.05, 0) is 45.1 Å². The number of hydrogen-bond donors (Lipinski definition) is 1. The van der Waals surface area contributed by atoms with E-state index in [-0.39, 0.29) is 18.6 Å². The van der Waals surface area contributed by atoms with E-state index in [2.05, 4.69) is 5.32 Å². The van der Waals surface area contributed by atoms with Crippen LogP contribution in [0.5, 0.6) is 0 Å². The Morgan fingerprint density at radius 1 is 1.14 bits per heavy atom. The van der Waals surface area contributed by atoms with Gasteiger partial charge in [0.2, 0.25) is 0 Å². The summed E-state index contributed by atoms with van der Waals surface area (Å²) in [7, 11) is 0. The van der Waals surface area contributed by atoms with Crippen LogP contribution in [0.2, 0.25) is 0 Å². The first-order chi connectivity index (χ1) is 13.3. The number of ether oxygens (including phenoxy) is 2. The van der Waals surface area contributed by atoms with E-state index in [4.69, 9.17) is 9.47 Å². The average molecular weight is 393 g/mol. The fourth-order valence-electron chi connectivity index (χ4n) is 2.89. The van der Waals surface area contributed by atoms with Crippen LogP contribution in [-0.2, 0) is 16.1 Å². The molecule has 2 rings (SSSR count). The van der Waals surface area contributed by atoms with Gasteiger partial charge in [-0.2, -0.15) is 0 Å². The molecule has 1 aliphatic heterocycles. The number of nitrogens with zero attached hydrogens (tertiary/aromatic N) is 1. The zero-order valence-corrected chi connectivity index (χ0v) is 18.0. The van der Waals surface area contributed by atoms with Gasteiger partial charge in [-0.15, -0.1) is 0 Å². The maximum Gasteiger partial charge on any atom is 0.410 e. The van der Waals surface area contributed by atoms with Gasteiger partial charge in [0.05, 0.1) is 0 Å². The van der Waals surface area contributed by atoms with Crippen molar-refractivity contribution in [1.29, 1.82) is 0 Å². The molecule has 1 aromatic carbocycles. The van der Waals surface area contributed by atoms with Crippen molar-refractivity contribution >= 4 is 12.2 Å². The molecule has 1 saturated heterocycles. The molecule has 0 aliphatic carbocycles. The summed E-state index contributed by atoms with van der Waals surface area (Å²) in [6, 6.07) is 9.57. The van der Waals surface area contributed by atoms with Crippen LogP contribution in [-0.4, -0.2) is 42.3 Å². The Labute approximate surface area is 169 Å². The van der Waals surface area contributed by atoms with Crippen molar-refractivity contribution in [2.24, 2.45) is 5.92 Å². The second-order valence-corrected chi connectivity index (χ2v) is 7.73. The van der Waals surface area contributed by atoms with Gasteiger partial charge in [0, 0.05) is 19.6 Å². The molecule has 1 N–H and O–H groups in total. The summed E-state index contributed by atoms with van der Waals surface area (Å²) in [6.45, 7) is 11.6. The van der Waals surface area contributed by atoms with Gasteiger partial charge in [-0.3, -0.25) is 0 Å². The molecule has 0 radical (unpaired) electrons. The maximum absolute atomic E-state index is 12.3. The third kappa shape index (κ3) is 9.62. The first kappa shape index (κ1) is 23.8. The van der Waals surface area contributed by atoms with Crippen molar-refractivity contribution in [2.75, 3.05) is 19.6 Å². The average Bonchev–Trinajstić information content (AvgIpc) is 2.92. The molecule has 1 heterocycles. The molecule has 1 unspecified atom stereocenters. The van der Waals surface area contributed by atoms with E-state index in [1.807, 2.05) is 65.0 Å². The highest BCUT2D eigenvalue weighted by Gasteiger charge is 2.26. The van der Waals surface area contributed by atoms with E-state index in [0.717, 1.165) is 24.8 Å². The summed E-state index contributed by atoms with van der Waals surface area (Å²) in [5.74, 6) is 0.203. The van der Waals surface area contributed by atoms with Gasteiger partial charge < -0.3 is 19.7 Å². The molecule has 1 aliphatic rings. The zero-order valence-electron chi connectivity index (χ0n) is 18.0. The monoisotopic (exact) mass is 392 g/mol. The molecule has 1 aromatic rings. The van der Waals surface area contributed by atoms with E-state index >= 15 is 0 Å². The van der Waals surface area contributed by atoms with Crippen molar-refractivity contribution in [3.05, 3.63) is 35.9 Å². The number of carbonyl (C=O) groups is 2. The van der Waals surface area contributed by atoms with Gasteiger partial charge in [-0.1, -0.05) is 50.6 Å². The maximum atomic E-state index is 12.3. The Morgan fingerprint density at radius 2 is 1.82 bits per heavy atom. The van der Waals surface area contributed by atoms with Gasteiger partial charge in [0.1, 0.15) is 12.2 Å². The van der Waals surface area contributed by atoms with E-state index < -0.39 is 11.7 Å². The van der Waals surface area contributed by atoms with E-state index in [1.54, 1.807) is 4.90 Å². The first-order valence-electron chi connectivity index (χ1n) is 10.3. The molecule has 0 spiro atoms. The highest BCUT2D eigenvalue weighted by molar-refractivity contribution is 5.68. The fraction of sp³-hybridized carbons (Fsp3) is 0.636. The Hall–Kier alpha value is -2.24. The van der Waals surface area contributed by atoms with Crippen LogP contribution in [0, 0.1) is 5.92 Å². The van der Waals surface area contributed by atoms with Crippen molar-refractivity contribution in [2.45, 2.75) is 66.1 Å². The van der Waals surface area contributed by atoms with Gasteiger partial charge in [0.15, 0.2) is 0 Å². The first-order valence-corrected chi connectivity index (χ1v) is 10.3. The highest BCUT2D eigenvalue weighted by Crippen LogP contribution is 2.18. The molecule has 6 nitrogen and oxygen atoms in total. The number of alkyl carbamates (subject to hydrolysis) is 1. The summed E-state index contributed by atoms with van der Waals surface area (Å²) in [5, 5.41) is 2.82. The van der Waals surface area contributed by atoms with Crippen LogP contribution in [0.25, 0.3) is 0 Å². The quantitative estimate of drug-likeness (QED) is 0.785. The highest BCUT2D eigenvalue weighted by atomic mass is 16.6. The molecule has 0 aromatic heterocycles. The van der Waals surface area contributed by atoms with Crippen molar-refractivity contribution in [1.82, 2.24) is 10.2 Å². The topological polar surface area (TPSA) is 67.9 Å². The summed E-state index contributed by atoms with van der Waals surface area (Å²) in [5.41, 5.74) is 0.450. The number of rotatable bonds is 4. The predicted octanol–water partition coefficient (Wildman–Crippen LogP) is 4.98. The number of amides is 2. The molecule has 0 bridgehead atoms. The number of benzene rings is 1. The summed E-state index contributed by atoms with van der Waals surface area (Å²) in [4.78, 5) is 26.0. The second-order valence-electron chi connectivity index (χ2n) is 7.73. The lowest BCUT2D eigenvalue weighted by molar-refractivity contribution is 0.0234. The number of nitrogens with one attached hydrogen (secondary N) is 1. The molecule has 158 valence electrons. The summed E-state index contributed by atoms with van der Waals surface area (Å²) < 4.78 is 10.7. The molecule has 1 atom stereocenters. The SMILES string of the molecule is CC.CC(C)(C)OC(=O)N1CCCCC(CNC(=O)OCc2ccccc2)C1. The van der Waals surface area contributed by atoms with E-state index in [9.17, 15) is 9.59 Å². The smallest absolute Gasteiger partial charge is 0.410 e. The van der Waals surface area contributed by atoms with E-state index in [0.29, 0.717) is 19.6 Å². The van der Waals surface area contributed by atoms with Crippen LogP contribution in [0.1, 0.15) is 59.4 Å². The number of likely N-dealkylation sites (tertiary alicyclic amines) is 1. The van der Waals surface area contributed by atoms with Crippen molar-refractivity contribution in [3.8, 4) is 0 Å². The van der Waals surface area contributed by atoms with Gasteiger partial charge >= 0.3 is 12.2 Å². The second kappa shape index (κ2) is 12.3. The molecular formula is C22H36N2O4. The van der Waals surface area contributed by atoms with Gasteiger partial charge in [0.25, 0.3) is 0 Å². The van der Waals surface area contributed by atoms with Crippen molar-refractivity contribution < 1.29 is 19.1 Å². The Morgan fingerprint density at radius 3 is 2.46 bits per heavy atom. The molecule has 6 heteroatoms. The normalized spacial score (nSPS) is 16.9. The molecule has 0 saturated carbocycles.